The number of carbonyl (C=O) groups excluding carboxylic acids is 2. The first-order chi connectivity index (χ1) is 11.4. The van der Waals surface area contributed by atoms with Gasteiger partial charge in [-0.3, -0.25) is 4.79 Å². The molecule has 0 aliphatic rings. The van der Waals surface area contributed by atoms with Crippen molar-refractivity contribution < 1.29 is 19.4 Å². The molecule has 2 aromatic carbocycles. The van der Waals surface area contributed by atoms with E-state index >= 15 is 0 Å². The monoisotopic (exact) mass is 440 g/mol. The van der Waals surface area contributed by atoms with Crippen molar-refractivity contribution in [2.75, 3.05) is 30.9 Å². The maximum Gasteiger partial charge on any atom is 0.342 e. The van der Waals surface area contributed by atoms with Crippen LogP contribution in [-0.2, 0) is 9.53 Å². The number of anilines is 2. The van der Waals surface area contributed by atoms with Crippen LogP contribution in [0.1, 0.15) is 10.4 Å². The Morgan fingerprint density at radius 3 is 2.46 bits per heavy atom. The van der Waals surface area contributed by atoms with Crippen molar-refractivity contribution in [1.29, 1.82) is 0 Å². The van der Waals surface area contributed by atoms with Gasteiger partial charge in [-0.1, -0.05) is 0 Å². The lowest BCUT2D eigenvalue weighted by Gasteiger charge is -2.13. The van der Waals surface area contributed by atoms with Crippen LogP contribution in [0.4, 0.5) is 11.4 Å². The zero-order chi connectivity index (χ0) is 17.7. The third-order valence-corrected chi connectivity index (χ3v) is 3.85. The van der Waals surface area contributed by atoms with Crippen LogP contribution in [0.25, 0.3) is 0 Å². The first-order valence-corrected chi connectivity index (χ1v) is 8.17. The Labute approximate surface area is 153 Å². The summed E-state index contributed by atoms with van der Waals surface area (Å²) in [6.07, 6.45) is 0. The summed E-state index contributed by atoms with van der Waals surface area (Å²) in [7, 11) is 3.85. The molecule has 0 fully saturated rings. The molecule has 2 aromatic rings. The van der Waals surface area contributed by atoms with E-state index in [2.05, 4.69) is 5.32 Å². The Morgan fingerprint density at radius 1 is 1.17 bits per heavy atom. The van der Waals surface area contributed by atoms with Gasteiger partial charge < -0.3 is 20.1 Å². The maximum absolute atomic E-state index is 11.9. The minimum atomic E-state index is -0.746. The number of hydrogen-bond acceptors (Lipinski definition) is 5. The highest BCUT2D eigenvalue weighted by molar-refractivity contribution is 14.1. The fourth-order valence-corrected chi connectivity index (χ4v) is 2.41. The average molecular weight is 440 g/mol. The predicted octanol–water partition coefficient (Wildman–Crippen LogP) is 2.86. The van der Waals surface area contributed by atoms with Crippen LogP contribution in [0, 0.1) is 3.57 Å². The zero-order valence-electron chi connectivity index (χ0n) is 13.2. The Kier molecular flexibility index (Phi) is 6.02. The first kappa shape index (κ1) is 18.1. The fraction of sp³-hybridized carbons (Fsp3) is 0.176. The number of ether oxygens (including phenoxy) is 1. The van der Waals surface area contributed by atoms with E-state index in [1.807, 2.05) is 53.7 Å². The number of hydrogen-bond donors (Lipinski definition) is 2. The minimum absolute atomic E-state index is 0.0324. The first-order valence-electron chi connectivity index (χ1n) is 7.09. The van der Waals surface area contributed by atoms with Crippen LogP contribution in [0.5, 0.6) is 5.75 Å². The Morgan fingerprint density at radius 2 is 1.83 bits per heavy atom. The summed E-state index contributed by atoms with van der Waals surface area (Å²) in [5, 5.41) is 12.3. The molecule has 0 aromatic heterocycles. The smallest absolute Gasteiger partial charge is 0.342 e. The molecule has 0 spiro atoms. The van der Waals surface area contributed by atoms with Crippen LogP contribution < -0.4 is 10.2 Å². The molecule has 2 N–H and O–H groups in total. The number of aromatic hydroxyl groups is 1. The van der Waals surface area contributed by atoms with E-state index in [9.17, 15) is 14.7 Å². The SMILES string of the molecule is CN(C)c1ccc(NC(=O)COC(=O)c2cc(I)ccc2O)cc1. The van der Waals surface area contributed by atoms with Crippen LogP contribution in [0.2, 0.25) is 0 Å². The van der Waals surface area contributed by atoms with Gasteiger partial charge in [0.2, 0.25) is 0 Å². The topological polar surface area (TPSA) is 78.9 Å². The predicted molar refractivity (Wildman–Crippen MR) is 101 cm³/mol. The van der Waals surface area contributed by atoms with Gasteiger partial charge in [-0.05, 0) is 65.1 Å². The summed E-state index contributed by atoms with van der Waals surface area (Å²) in [4.78, 5) is 25.7. The highest BCUT2D eigenvalue weighted by Crippen LogP contribution is 2.20. The number of amides is 1. The van der Waals surface area contributed by atoms with Crippen molar-refractivity contribution in [2.45, 2.75) is 0 Å². The Hall–Kier alpha value is -2.29. The van der Waals surface area contributed by atoms with Crippen LogP contribution >= 0.6 is 22.6 Å². The number of rotatable bonds is 5. The molecule has 6 nitrogen and oxygen atoms in total. The lowest BCUT2D eigenvalue weighted by atomic mass is 10.2. The average Bonchev–Trinajstić information content (AvgIpc) is 2.55. The molecule has 24 heavy (non-hydrogen) atoms. The van der Waals surface area contributed by atoms with E-state index in [1.165, 1.54) is 12.1 Å². The number of phenols is 1. The van der Waals surface area contributed by atoms with Gasteiger partial charge in [-0.25, -0.2) is 4.79 Å². The summed E-state index contributed by atoms with van der Waals surface area (Å²) < 4.78 is 5.72. The van der Waals surface area contributed by atoms with Gasteiger partial charge in [0.25, 0.3) is 5.91 Å². The molecule has 0 aliphatic heterocycles. The van der Waals surface area contributed by atoms with Crippen LogP contribution in [-0.4, -0.2) is 37.7 Å². The van der Waals surface area contributed by atoms with E-state index in [0.29, 0.717) is 5.69 Å². The molecule has 0 radical (unpaired) electrons. The molecular formula is C17H17IN2O4. The van der Waals surface area contributed by atoms with Crippen molar-refractivity contribution in [3.05, 3.63) is 51.6 Å². The molecule has 0 saturated carbocycles. The molecule has 2 rings (SSSR count). The Bertz CT molecular complexity index is 745. The number of esters is 1. The fourth-order valence-electron chi connectivity index (χ4n) is 1.92. The molecular weight excluding hydrogens is 423 g/mol. The standard InChI is InChI=1S/C17H17IN2O4/c1-20(2)13-6-4-12(5-7-13)19-16(22)10-24-17(23)14-9-11(18)3-8-15(14)21/h3-9,21H,10H2,1-2H3,(H,19,22). The van der Waals surface area contributed by atoms with Gasteiger partial charge >= 0.3 is 5.97 Å². The third kappa shape index (κ3) is 4.85. The largest absolute Gasteiger partial charge is 0.507 e. The molecule has 0 unspecified atom stereocenters. The molecule has 0 aliphatic carbocycles. The van der Waals surface area contributed by atoms with Gasteiger partial charge in [-0.2, -0.15) is 0 Å². The summed E-state index contributed by atoms with van der Waals surface area (Å²) in [6.45, 7) is -0.431. The molecule has 7 heteroatoms. The summed E-state index contributed by atoms with van der Waals surface area (Å²) in [5.74, 6) is -1.38. The van der Waals surface area contributed by atoms with E-state index in [-0.39, 0.29) is 11.3 Å². The molecule has 0 atom stereocenters. The maximum atomic E-state index is 11.9. The lowest BCUT2D eigenvalue weighted by Crippen LogP contribution is -2.21. The number of nitrogens with one attached hydrogen (secondary N) is 1. The van der Waals surface area contributed by atoms with Crippen molar-refractivity contribution in [3.8, 4) is 5.75 Å². The molecule has 1 amide bonds. The number of nitrogens with zero attached hydrogens (tertiary/aromatic N) is 1. The highest BCUT2D eigenvalue weighted by atomic mass is 127. The third-order valence-electron chi connectivity index (χ3n) is 3.18. The highest BCUT2D eigenvalue weighted by Gasteiger charge is 2.15. The number of benzene rings is 2. The van der Waals surface area contributed by atoms with Crippen LogP contribution in [0.15, 0.2) is 42.5 Å². The van der Waals surface area contributed by atoms with Gasteiger partial charge in [-0.15, -0.1) is 0 Å². The number of halogens is 1. The van der Waals surface area contributed by atoms with Gasteiger partial charge in [0.15, 0.2) is 6.61 Å². The minimum Gasteiger partial charge on any atom is -0.507 e. The molecule has 0 saturated heterocycles. The molecule has 126 valence electrons. The van der Waals surface area contributed by atoms with E-state index in [4.69, 9.17) is 4.74 Å². The Balaban J connectivity index is 1.90. The van der Waals surface area contributed by atoms with Crippen molar-refractivity contribution in [1.82, 2.24) is 0 Å². The van der Waals surface area contributed by atoms with Gasteiger partial charge in [0.1, 0.15) is 11.3 Å². The number of phenolic OH excluding ortho intramolecular Hbond substituents is 1. The second kappa shape index (κ2) is 8.00. The molecule has 0 heterocycles. The zero-order valence-corrected chi connectivity index (χ0v) is 15.4. The summed E-state index contributed by atoms with van der Waals surface area (Å²) in [5.41, 5.74) is 1.65. The van der Waals surface area contributed by atoms with E-state index in [0.717, 1.165) is 9.26 Å². The quantitative estimate of drug-likeness (QED) is 0.553. The summed E-state index contributed by atoms with van der Waals surface area (Å²) >= 11 is 2.02. The molecule has 0 bridgehead atoms. The van der Waals surface area contributed by atoms with Gasteiger partial charge in [0, 0.05) is 29.0 Å². The van der Waals surface area contributed by atoms with Crippen LogP contribution in [0.3, 0.4) is 0 Å². The lowest BCUT2D eigenvalue weighted by molar-refractivity contribution is -0.119. The summed E-state index contributed by atoms with van der Waals surface area (Å²) in [6, 6.07) is 11.8. The van der Waals surface area contributed by atoms with E-state index < -0.39 is 18.5 Å². The van der Waals surface area contributed by atoms with Crippen molar-refractivity contribution in [2.24, 2.45) is 0 Å². The van der Waals surface area contributed by atoms with Crippen molar-refractivity contribution >= 4 is 45.8 Å². The normalized spacial score (nSPS) is 10.1. The van der Waals surface area contributed by atoms with E-state index in [1.54, 1.807) is 18.2 Å². The van der Waals surface area contributed by atoms with Gasteiger partial charge in [0.05, 0.1) is 0 Å². The van der Waals surface area contributed by atoms with Crippen molar-refractivity contribution in [3.63, 3.8) is 0 Å². The second-order valence-corrected chi connectivity index (χ2v) is 6.47. The second-order valence-electron chi connectivity index (χ2n) is 5.23. The number of carbonyl (C=O) groups is 2.